The van der Waals surface area contributed by atoms with Crippen LogP contribution in [0.3, 0.4) is 0 Å². The van der Waals surface area contributed by atoms with E-state index >= 15 is 0 Å². The summed E-state index contributed by atoms with van der Waals surface area (Å²) in [6, 6.07) is 30.7. The van der Waals surface area contributed by atoms with E-state index in [1.54, 1.807) is 6.33 Å². The van der Waals surface area contributed by atoms with Crippen molar-refractivity contribution in [3.05, 3.63) is 108 Å². The number of fused-ring (bicyclic) bond motifs is 4. The highest BCUT2D eigenvalue weighted by atomic mass is 14.8. The Morgan fingerprint density at radius 3 is 2.30 bits per heavy atom. The van der Waals surface area contributed by atoms with Crippen LogP contribution in [0.25, 0.3) is 44.4 Å². The number of aryl methyl sites for hydroxylation is 1. The SMILES string of the molecule is CC(C)c1cc(-c2ncnc3c2CCc2cc(-c4ccccc4)ccc2-3)cc2ccccc12. The highest BCUT2D eigenvalue weighted by Gasteiger charge is 2.22. The zero-order chi connectivity index (χ0) is 22.4. The summed E-state index contributed by atoms with van der Waals surface area (Å²) in [6.45, 7) is 4.53. The molecule has 5 aromatic rings. The van der Waals surface area contributed by atoms with Crippen LogP contribution in [0, 0.1) is 0 Å². The molecule has 0 fully saturated rings. The molecule has 33 heavy (non-hydrogen) atoms. The van der Waals surface area contributed by atoms with Crippen molar-refractivity contribution in [3.63, 3.8) is 0 Å². The molecule has 1 aromatic heterocycles. The molecule has 1 heterocycles. The Bertz CT molecular complexity index is 1480. The Labute approximate surface area is 195 Å². The van der Waals surface area contributed by atoms with Crippen molar-refractivity contribution in [1.29, 1.82) is 0 Å². The minimum Gasteiger partial charge on any atom is -0.236 e. The van der Waals surface area contributed by atoms with Crippen molar-refractivity contribution in [1.82, 2.24) is 9.97 Å². The Kier molecular flexibility index (Phi) is 4.80. The third-order valence-electron chi connectivity index (χ3n) is 6.85. The predicted molar refractivity (Wildman–Crippen MR) is 137 cm³/mol. The Morgan fingerprint density at radius 2 is 1.45 bits per heavy atom. The van der Waals surface area contributed by atoms with Crippen LogP contribution < -0.4 is 0 Å². The fraction of sp³-hybridized carbons (Fsp3) is 0.161. The molecule has 0 unspecified atom stereocenters. The van der Waals surface area contributed by atoms with Gasteiger partial charge in [-0.1, -0.05) is 86.6 Å². The summed E-state index contributed by atoms with van der Waals surface area (Å²) in [5.41, 5.74) is 11.1. The van der Waals surface area contributed by atoms with E-state index in [2.05, 4.69) is 98.8 Å². The van der Waals surface area contributed by atoms with Crippen LogP contribution in [0.4, 0.5) is 0 Å². The van der Waals surface area contributed by atoms with Gasteiger partial charge in [0.1, 0.15) is 6.33 Å². The van der Waals surface area contributed by atoms with Crippen LogP contribution in [0.1, 0.15) is 36.5 Å². The summed E-state index contributed by atoms with van der Waals surface area (Å²) >= 11 is 0. The van der Waals surface area contributed by atoms with E-state index in [9.17, 15) is 0 Å². The van der Waals surface area contributed by atoms with Crippen LogP contribution >= 0.6 is 0 Å². The van der Waals surface area contributed by atoms with Crippen molar-refractivity contribution < 1.29 is 0 Å². The van der Waals surface area contributed by atoms with Gasteiger partial charge in [-0.3, -0.25) is 0 Å². The Hall–Kier alpha value is -3.78. The molecule has 0 bridgehead atoms. The quantitative estimate of drug-likeness (QED) is 0.293. The normalized spacial score (nSPS) is 12.6. The molecule has 0 saturated heterocycles. The molecule has 4 aromatic carbocycles. The topological polar surface area (TPSA) is 25.8 Å². The van der Waals surface area contributed by atoms with Gasteiger partial charge in [-0.15, -0.1) is 0 Å². The van der Waals surface area contributed by atoms with E-state index < -0.39 is 0 Å². The molecule has 0 radical (unpaired) electrons. The minimum atomic E-state index is 0.449. The van der Waals surface area contributed by atoms with Gasteiger partial charge in [0.2, 0.25) is 0 Å². The highest BCUT2D eigenvalue weighted by Crippen LogP contribution is 2.39. The van der Waals surface area contributed by atoms with E-state index in [0.717, 1.165) is 24.2 Å². The molecular weight excluding hydrogens is 400 g/mol. The predicted octanol–water partition coefficient (Wildman–Crippen LogP) is 7.85. The number of benzene rings is 4. The van der Waals surface area contributed by atoms with Crippen molar-refractivity contribution in [2.24, 2.45) is 0 Å². The first-order valence-electron chi connectivity index (χ1n) is 11.7. The zero-order valence-corrected chi connectivity index (χ0v) is 19.0. The molecule has 1 aliphatic carbocycles. The summed E-state index contributed by atoms with van der Waals surface area (Å²) in [5.74, 6) is 0.449. The molecule has 0 amide bonds. The standard InChI is InChI=1S/C31H26N2/c1-20(2)29-18-25(17-23-10-6-7-11-26(23)29)30-28-15-13-24-16-22(21-8-4-3-5-9-21)12-14-27(24)31(28)33-19-32-30/h3-12,14,16-20H,13,15H2,1-2H3. The Morgan fingerprint density at radius 1 is 0.667 bits per heavy atom. The first-order chi connectivity index (χ1) is 16.2. The molecule has 2 nitrogen and oxygen atoms in total. The number of aromatic nitrogens is 2. The van der Waals surface area contributed by atoms with Crippen LogP contribution in [-0.2, 0) is 12.8 Å². The second-order valence-corrected chi connectivity index (χ2v) is 9.23. The van der Waals surface area contributed by atoms with E-state index in [1.807, 2.05) is 0 Å². The summed E-state index contributed by atoms with van der Waals surface area (Å²) in [5, 5.41) is 2.60. The largest absolute Gasteiger partial charge is 0.236 e. The number of nitrogens with zero attached hydrogens (tertiary/aromatic N) is 2. The molecule has 0 N–H and O–H groups in total. The van der Waals surface area contributed by atoms with Crippen LogP contribution in [0.2, 0.25) is 0 Å². The average Bonchev–Trinajstić information content (AvgIpc) is 2.87. The fourth-order valence-corrected chi connectivity index (χ4v) is 5.19. The molecule has 1 aliphatic rings. The second-order valence-electron chi connectivity index (χ2n) is 9.23. The monoisotopic (exact) mass is 426 g/mol. The maximum atomic E-state index is 4.80. The van der Waals surface area contributed by atoms with Crippen molar-refractivity contribution in [2.75, 3.05) is 0 Å². The molecular formula is C31H26N2. The molecule has 0 saturated carbocycles. The van der Waals surface area contributed by atoms with Crippen LogP contribution in [0.15, 0.2) is 91.3 Å². The van der Waals surface area contributed by atoms with Gasteiger partial charge in [-0.05, 0) is 63.9 Å². The maximum Gasteiger partial charge on any atom is 0.116 e. The lowest BCUT2D eigenvalue weighted by atomic mass is 9.84. The van der Waals surface area contributed by atoms with E-state index in [1.165, 1.54) is 49.7 Å². The molecule has 6 rings (SSSR count). The van der Waals surface area contributed by atoms with Gasteiger partial charge in [0.25, 0.3) is 0 Å². The maximum absolute atomic E-state index is 4.80. The van der Waals surface area contributed by atoms with Crippen molar-refractivity contribution in [2.45, 2.75) is 32.6 Å². The fourth-order valence-electron chi connectivity index (χ4n) is 5.19. The summed E-state index contributed by atoms with van der Waals surface area (Å²) in [6.07, 6.45) is 3.70. The van der Waals surface area contributed by atoms with Gasteiger partial charge in [0.15, 0.2) is 0 Å². The van der Waals surface area contributed by atoms with Gasteiger partial charge < -0.3 is 0 Å². The van der Waals surface area contributed by atoms with Crippen LogP contribution in [0.5, 0.6) is 0 Å². The minimum absolute atomic E-state index is 0.449. The van der Waals surface area contributed by atoms with Crippen LogP contribution in [-0.4, -0.2) is 9.97 Å². The Balaban J connectivity index is 1.49. The zero-order valence-electron chi connectivity index (χ0n) is 19.0. The van der Waals surface area contributed by atoms with Gasteiger partial charge in [0.05, 0.1) is 11.4 Å². The highest BCUT2D eigenvalue weighted by molar-refractivity contribution is 5.91. The molecule has 0 aliphatic heterocycles. The van der Waals surface area contributed by atoms with Crippen molar-refractivity contribution in [3.8, 4) is 33.6 Å². The van der Waals surface area contributed by atoms with E-state index in [-0.39, 0.29) is 0 Å². The van der Waals surface area contributed by atoms with Gasteiger partial charge in [0, 0.05) is 16.7 Å². The lowest BCUT2D eigenvalue weighted by molar-refractivity contribution is 0.876. The van der Waals surface area contributed by atoms with Crippen molar-refractivity contribution >= 4 is 10.8 Å². The summed E-state index contributed by atoms with van der Waals surface area (Å²) in [4.78, 5) is 9.55. The average molecular weight is 427 g/mol. The van der Waals surface area contributed by atoms with Gasteiger partial charge in [-0.25, -0.2) is 9.97 Å². The molecule has 2 heteroatoms. The smallest absolute Gasteiger partial charge is 0.116 e. The lowest BCUT2D eigenvalue weighted by Gasteiger charge is -2.22. The molecule has 0 spiro atoms. The summed E-state index contributed by atoms with van der Waals surface area (Å²) < 4.78 is 0. The summed E-state index contributed by atoms with van der Waals surface area (Å²) in [7, 11) is 0. The number of hydrogen-bond acceptors (Lipinski definition) is 2. The molecule has 160 valence electrons. The first kappa shape index (κ1) is 19.9. The third kappa shape index (κ3) is 3.43. The third-order valence-corrected chi connectivity index (χ3v) is 6.85. The number of hydrogen-bond donors (Lipinski definition) is 0. The number of rotatable bonds is 3. The van der Waals surface area contributed by atoms with Gasteiger partial charge >= 0.3 is 0 Å². The van der Waals surface area contributed by atoms with Gasteiger partial charge in [-0.2, -0.15) is 0 Å². The lowest BCUT2D eigenvalue weighted by Crippen LogP contribution is -2.09. The van der Waals surface area contributed by atoms with E-state index in [0.29, 0.717) is 5.92 Å². The first-order valence-corrected chi connectivity index (χ1v) is 11.7. The molecule has 0 atom stereocenters. The van der Waals surface area contributed by atoms with E-state index in [4.69, 9.17) is 9.97 Å². The second kappa shape index (κ2) is 7.97.